The van der Waals surface area contributed by atoms with Crippen molar-refractivity contribution in [1.29, 1.82) is 0 Å². The molecule has 3 aromatic carbocycles. The molecule has 0 atom stereocenters. The van der Waals surface area contributed by atoms with Gasteiger partial charge in [-0.15, -0.1) is 0 Å². The van der Waals surface area contributed by atoms with Gasteiger partial charge >= 0.3 is 0 Å². The van der Waals surface area contributed by atoms with Crippen molar-refractivity contribution in [3.63, 3.8) is 0 Å². The molecule has 162 valence electrons. The zero-order chi connectivity index (χ0) is 22.4. The van der Waals surface area contributed by atoms with Gasteiger partial charge in [-0.1, -0.05) is 62.7 Å². The highest BCUT2D eigenvalue weighted by Crippen LogP contribution is 2.32. The maximum Gasteiger partial charge on any atom is 0.178 e. The third-order valence-corrected chi connectivity index (χ3v) is 5.45. The van der Waals surface area contributed by atoms with Crippen LogP contribution in [0.1, 0.15) is 65.6 Å². The molecule has 0 saturated heterocycles. The van der Waals surface area contributed by atoms with Crippen molar-refractivity contribution in [1.82, 2.24) is 0 Å². The average Bonchev–Trinajstić information content (AvgIpc) is 2.78. The summed E-state index contributed by atoms with van der Waals surface area (Å²) < 4.78 is 6.01. The van der Waals surface area contributed by atoms with Crippen LogP contribution in [0.2, 0.25) is 0 Å². The molecule has 0 spiro atoms. The molecule has 0 bridgehead atoms. The van der Waals surface area contributed by atoms with Crippen LogP contribution in [0.3, 0.4) is 0 Å². The first-order valence-corrected chi connectivity index (χ1v) is 10.8. The smallest absolute Gasteiger partial charge is 0.178 e. The summed E-state index contributed by atoms with van der Waals surface area (Å²) in [6.07, 6.45) is 0.954. The number of aliphatic hydroxyl groups is 2. The average molecular weight is 419 g/mol. The lowest BCUT2D eigenvalue weighted by atomic mass is 9.91. The molecule has 0 aliphatic carbocycles. The SMILES string of the molecule is CCCc1cc(C(=O)CC)ccc1-c1cc(OCc2ccc(C(O)O)cc2)ccc1C. The van der Waals surface area contributed by atoms with E-state index in [1.54, 1.807) is 12.1 Å². The lowest BCUT2D eigenvalue weighted by molar-refractivity contribution is -0.0425. The van der Waals surface area contributed by atoms with Crippen LogP contribution in [0, 0.1) is 6.92 Å². The van der Waals surface area contributed by atoms with E-state index in [1.165, 1.54) is 5.56 Å². The highest BCUT2D eigenvalue weighted by atomic mass is 16.5. The van der Waals surface area contributed by atoms with Crippen molar-refractivity contribution in [2.45, 2.75) is 52.9 Å². The zero-order valence-corrected chi connectivity index (χ0v) is 18.4. The van der Waals surface area contributed by atoms with Crippen LogP contribution in [-0.4, -0.2) is 16.0 Å². The first kappa shape index (κ1) is 22.7. The molecule has 4 nitrogen and oxygen atoms in total. The number of benzene rings is 3. The van der Waals surface area contributed by atoms with Crippen molar-refractivity contribution < 1.29 is 19.7 Å². The molecule has 3 rings (SSSR count). The number of ether oxygens (including phenoxy) is 1. The van der Waals surface area contributed by atoms with Crippen LogP contribution in [0.25, 0.3) is 11.1 Å². The van der Waals surface area contributed by atoms with E-state index in [-0.39, 0.29) is 5.78 Å². The minimum atomic E-state index is -1.47. The summed E-state index contributed by atoms with van der Waals surface area (Å²) in [5.41, 5.74) is 6.75. The monoisotopic (exact) mass is 418 g/mol. The molecular weight excluding hydrogens is 388 g/mol. The fourth-order valence-electron chi connectivity index (χ4n) is 3.64. The van der Waals surface area contributed by atoms with Gasteiger partial charge in [-0.2, -0.15) is 0 Å². The van der Waals surface area contributed by atoms with Crippen molar-refractivity contribution >= 4 is 5.78 Å². The molecule has 0 aliphatic heterocycles. The van der Waals surface area contributed by atoms with Crippen LogP contribution in [0.4, 0.5) is 0 Å². The van der Waals surface area contributed by atoms with E-state index in [0.717, 1.165) is 46.4 Å². The number of hydrogen-bond donors (Lipinski definition) is 2. The second-order valence-electron chi connectivity index (χ2n) is 7.78. The Morgan fingerprint density at radius 1 is 0.935 bits per heavy atom. The van der Waals surface area contributed by atoms with E-state index in [1.807, 2.05) is 37.3 Å². The summed E-state index contributed by atoms with van der Waals surface area (Å²) >= 11 is 0. The molecule has 0 fully saturated rings. The van der Waals surface area contributed by atoms with Crippen LogP contribution < -0.4 is 4.74 Å². The number of carbonyl (C=O) groups excluding carboxylic acids is 1. The van der Waals surface area contributed by atoms with E-state index in [4.69, 9.17) is 4.74 Å². The Morgan fingerprint density at radius 2 is 1.68 bits per heavy atom. The number of aliphatic hydroxyl groups excluding tert-OH is 1. The third-order valence-electron chi connectivity index (χ3n) is 5.45. The van der Waals surface area contributed by atoms with Crippen LogP contribution in [-0.2, 0) is 13.0 Å². The Labute approximate surface area is 184 Å². The highest BCUT2D eigenvalue weighted by Gasteiger charge is 2.12. The van der Waals surface area contributed by atoms with Gasteiger partial charge in [0.1, 0.15) is 12.4 Å². The van der Waals surface area contributed by atoms with Crippen molar-refractivity contribution in [2.75, 3.05) is 0 Å². The predicted octanol–water partition coefficient (Wildman–Crippen LogP) is 5.77. The van der Waals surface area contributed by atoms with E-state index in [2.05, 4.69) is 32.0 Å². The molecule has 2 N–H and O–H groups in total. The number of hydrogen-bond acceptors (Lipinski definition) is 4. The Balaban J connectivity index is 1.86. The molecular formula is C27H30O4. The molecule has 3 aromatic rings. The van der Waals surface area contributed by atoms with Crippen molar-refractivity contribution in [3.8, 4) is 16.9 Å². The Kier molecular flexibility index (Phi) is 7.61. The maximum absolute atomic E-state index is 12.2. The number of carbonyl (C=O) groups is 1. The van der Waals surface area contributed by atoms with Gasteiger partial charge in [0, 0.05) is 17.5 Å². The largest absolute Gasteiger partial charge is 0.489 e. The molecule has 0 saturated carbocycles. The molecule has 31 heavy (non-hydrogen) atoms. The zero-order valence-electron chi connectivity index (χ0n) is 18.4. The summed E-state index contributed by atoms with van der Waals surface area (Å²) in [5, 5.41) is 18.4. The fourth-order valence-corrected chi connectivity index (χ4v) is 3.64. The van der Waals surface area contributed by atoms with Crippen LogP contribution in [0.15, 0.2) is 60.7 Å². The van der Waals surface area contributed by atoms with Gasteiger partial charge in [-0.05, 0) is 59.4 Å². The van der Waals surface area contributed by atoms with E-state index in [9.17, 15) is 15.0 Å². The van der Waals surface area contributed by atoms with Gasteiger partial charge in [0.2, 0.25) is 0 Å². The van der Waals surface area contributed by atoms with Crippen molar-refractivity contribution in [2.24, 2.45) is 0 Å². The Hall–Kier alpha value is -2.95. The minimum absolute atomic E-state index is 0.164. The van der Waals surface area contributed by atoms with Gasteiger partial charge in [0.25, 0.3) is 0 Å². The normalized spacial score (nSPS) is 11.0. The Bertz CT molecular complexity index is 1040. The quantitative estimate of drug-likeness (QED) is 0.342. The summed E-state index contributed by atoms with van der Waals surface area (Å²) in [4.78, 5) is 12.2. The third kappa shape index (κ3) is 5.60. The van der Waals surface area contributed by atoms with Crippen molar-refractivity contribution in [3.05, 3.63) is 88.5 Å². The summed E-state index contributed by atoms with van der Waals surface area (Å²) in [6, 6.07) is 19.1. The molecule has 0 aromatic heterocycles. The molecule has 0 amide bonds. The van der Waals surface area contributed by atoms with Gasteiger partial charge in [-0.3, -0.25) is 4.79 Å². The lowest BCUT2D eigenvalue weighted by Gasteiger charge is -2.15. The maximum atomic E-state index is 12.2. The van der Waals surface area contributed by atoms with Crippen LogP contribution in [0.5, 0.6) is 5.75 Å². The molecule has 0 unspecified atom stereocenters. The van der Waals surface area contributed by atoms with E-state index in [0.29, 0.717) is 18.6 Å². The first-order chi connectivity index (χ1) is 14.9. The second-order valence-corrected chi connectivity index (χ2v) is 7.78. The highest BCUT2D eigenvalue weighted by molar-refractivity contribution is 5.96. The lowest BCUT2D eigenvalue weighted by Crippen LogP contribution is -2.01. The fraction of sp³-hybridized carbons (Fsp3) is 0.296. The predicted molar refractivity (Wildman–Crippen MR) is 123 cm³/mol. The minimum Gasteiger partial charge on any atom is -0.489 e. The van der Waals surface area contributed by atoms with E-state index >= 15 is 0 Å². The number of rotatable bonds is 9. The second kappa shape index (κ2) is 10.4. The molecule has 0 heterocycles. The summed E-state index contributed by atoms with van der Waals surface area (Å²) in [5.74, 6) is 0.931. The Morgan fingerprint density at radius 3 is 2.32 bits per heavy atom. The summed E-state index contributed by atoms with van der Waals surface area (Å²) in [6.45, 7) is 6.50. The van der Waals surface area contributed by atoms with Gasteiger partial charge in [0.05, 0.1) is 0 Å². The number of Topliss-reactive ketones (excluding diaryl/α,β-unsaturated/α-hetero) is 1. The topological polar surface area (TPSA) is 66.8 Å². The first-order valence-electron chi connectivity index (χ1n) is 10.8. The van der Waals surface area contributed by atoms with Crippen LogP contribution >= 0.6 is 0 Å². The summed E-state index contributed by atoms with van der Waals surface area (Å²) in [7, 11) is 0. The van der Waals surface area contributed by atoms with E-state index < -0.39 is 6.29 Å². The van der Waals surface area contributed by atoms with Gasteiger partial charge in [0.15, 0.2) is 12.1 Å². The molecule has 0 radical (unpaired) electrons. The molecule has 0 aliphatic rings. The molecule has 4 heteroatoms. The standard InChI is InChI=1S/C27H30O4/c1-4-6-21-15-22(26(28)5-2)12-14-24(21)25-16-23(13-7-18(25)3)31-17-19-8-10-20(11-9-19)27(29)30/h7-16,27,29-30H,4-6,17H2,1-3H3. The number of ketones is 1. The van der Waals surface area contributed by atoms with Gasteiger partial charge < -0.3 is 14.9 Å². The van der Waals surface area contributed by atoms with Gasteiger partial charge in [-0.25, -0.2) is 0 Å². The number of aryl methyl sites for hydroxylation is 2.